The van der Waals surface area contributed by atoms with Gasteiger partial charge in [0, 0.05) is 31.4 Å². The second-order valence-electron chi connectivity index (χ2n) is 8.12. The molecule has 24 heavy (non-hydrogen) atoms. The number of hydrazine groups is 1. The summed E-state index contributed by atoms with van der Waals surface area (Å²) in [5, 5.41) is 1.78. The van der Waals surface area contributed by atoms with Gasteiger partial charge < -0.3 is 15.5 Å². The average Bonchev–Trinajstić information content (AvgIpc) is 3.30. The first-order valence-electron chi connectivity index (χ1n) is 8.95. The van der Waals surface area contributed by atoms with E-state index in [9.17, 15) is 4.39 Å². The summed E-state index contributed by atoms with van der Waals surface area (Å²) in [4.78, 5) is 4.56. The summed E-state index contributed by atoms with van der Waals surface area (Å²) >= 11 is 0. The Labute approximate surface area is 143 Å². The van der Waals surface area contributed by atoms with Crippen molar-refractivity contribution in [1.29, 1.82) is 0 Å². The number of benzene rings is 1. The van der Waals surface area contributed by atoms with Crippen molar-refractivity contribution in [3.8, 4) is 0 Å². The van der Waals surface area contributed by atoms with Gasteiger partial charge in [-0.1, -0.05) is 6.92 Å². The summed E-state index contributed by atoms with van der Waals surface area (Å²) in [7, 11) is 0. The number of fused-ring (bicyclic) bond motifs is 1. The van der Waals surface area contributed by atoms with Crippen LogP contribution in [-0.4, -0.2) is 37.4 Å². The van der Waals surface area contributed by atoms with E-state index >= 15 is 0 Å². The van der Waals surface area contributed by atoms with Crippen molar-refractivity contribution in [3.63, 3.8) is 0 Å². The molecule has 2 fully saturated rings. The molecular formula is C18H28FN5. The summed E-state index contributed by atoms with van der Waals surface area (Å²) in [6, 6.07) is 2.25. The lowest BCUT2D eigenvalue weighted by molar-refractivity contribution is 0.258. The Morgan fingerprint density at radius 3 is 2.71 bits per heavy atom. The Hall–Kier alpha value is -1.37. The monoisotopic (exact) mass is 333 g/mol. The van der Waals surface area contributed by atoms with Crippen molar-refractivity contribution < 1.29 is 4.39 Å². The average molecular weight is 333 g/mol. The molecule has 1 aliphatic carbocycles. The van der Waals surface area contributed by atoms with Gasteiger partial charge in [-0.05, 0) is 55.3 Å². The lowest BCUT2D eigenvalue weighted by atomic mass is 9.90. The minimum atomic E-state index is -0.126. The maximum atomic E-state index is 15.0. The number of halogens is 1. The van der Waals surface area contributed by atoms with E-state index in [4.69, 9.17) is 11.6 Å². The molecule has 1 saturated heterocycles. The highest BCUT2D eigenvalue weighted by Gasteiger charge is 2.38. The van der Waals surface area contributed by atoms with Crippen LogP contribution in [0.15, 0.2) is 6.07 Å². The molecule has 0 amide bonds. The smallest absolute Gasteiger partial charge is 0.147 e. The van der Waals surface area contributed by atoms with Gasteiger partial charge in [-0.2, -0.15) is 0 Å². The van der Waals surface area contributed by atoms with Crippen molar-refractivity contribution in [3.05, 3.63) is 23.0 Å². The zero-order valence-electron chi connectivity index (χ0n) is 14.7. The zero-order chi connectivity index (χ0) is 17.1. The highest BCUT2D eigenvalue weighted by molar-refractivity contribution is 5.73. The fraction of sp³-hybridized carbons (Fsp3) is 0.667. The van der Waals surface area contributed by atoms with Crippen LogP contribution in [0, 0.1) is 18.2 Å². The molecule has 3 aliphatic rings. The van der Waals surface area contributed by atoms with Crippen LogP contribution in [0.4, 0.5) is 15.8 Å². The number of anilines is 2. The summed E-state index contributed by atoms with van der Waals surface area (Å²) in [6.07, 6.45) is 3.42. The molecule has 6 heteroatoms. The van der Waals surface area contributed by atoms with Gasteiger partial charge in [0.1, 0.15) is 5.82 Å². The maximum Gasteiger partial charge on any atom is 0.147 e. The summed E-state index contributed by atoms with van der Waals surface area (Å²) in [6.45, 7) is 7.94. The van der Waals surface area contributed by atoms with E-state index in [0.29, 0.717) is 19.1 Å². The standard InChI is InChI=1S/C18H28FN5/c1-12-16-13(8-23(21)11-24(16)14-3-4-14)7-15(19)17(12)22-6-5-18(2,9-20)10-22/h7,14H,3-6,8-11,20-21H2,1-2H3. The second-order valence-corrected chi connectivity index (χ2v) is 8.12. The van der Waals surface area contributed by atoms with Crippen LogP contribution in [-0.2, 0) is 6.54 Å². The molecule has 5 nitrogen and oxygen atoms in total. The van der Waals surface area contributed by atoms with Gasteiger partial charge in [0.05, 0.1) is 12.4 Å². The Morgan fingerprint density at radius 2 is 2.08 bits per heavy atom. The Kier molecular flexibility index (Phi) is 3.74. The van der Waals surface area contributed by atoms with Crippen LogP contribution >= 0.6 is 0 Å². The Bertz CT molecular complexity index is 659. The van der Waals surface area contributed by atoms with Crippen molar-refractivity contribution in [2.75, 3.05) is 36.1 Å². The number of nitrogens with zero attached hydrogens (tertiary/aromatic N) is 3. The van der Waals surface area contributed by atoms with Gasteiger partial charge in [-0.25, -0.2) is 9.40 Å². The van der Waals surface area contributed by atoms with Crippen molar-refractivity contribution >= 4 is 11.4 Å². The molecule has 0 aromatic heterocycles. The SMILES string of the molecule is Cc1c(N2CCC(C)(CN)C2)c(F)cc2c1N(C1CC1)CN(N)C2. The summed E-state index contributed by atoms with van der Waals surface area (Å²) in [5.74, 6) is 5.94. The van der Waals surface area contributed by atoms with Crippen molar-refractivity contribution in [2.24, 2.45) is 17.0 Å². The van der Waals surface area contributed by atoms with Crippen LogP contribution in [0.2, 0.25) is 0 Å². The number of nitrogens with two attached hydrogens (primary N) is 2. The molecule has 1 saturated carbocycles. The molecule has 1 unspecified atom stereocenters. The highest BCUT2D eigenvalue weighted by atomic mass is 19.1. The fourth-order valence-corrected chi connectivity index (χ4v) is 4.33. The minimum Gasteiger partial charge on any atom is -0.368 e. The number of hydrogen-bond acceptors (Lipinski definition) is 5. The molecule has 1 atom stereocenters. The van der Waals surface area contributed by atoms with Crippen LogP contribution in [0.5, 0.6) is 0 Å². The third kappa shape index (κ3) is 2.57. The number of hydrogen-bond donors (Lipinski definition) is 2. The molecule has 4 N–H and O–H groups in total. The highest BCUT2D eigenvalue weighted by Crippen LogP contribution is 2.44. The van der Waals surface area contributed by atoms with Crippen LogP contribution in [0.3, 0.4) is 0 Å². The summed E-state index contributed by atoms with van der Waals surface area (Å²) in [5.41, 5.74) is 10.1. The summed E-state index contributed by atoms with van der Waals surface area (Å²) < 4.78 is 15.0. The van der Waals surface area contributed by atoms with Crippen LogP contribution in [0.1, 0.15) is 37.3 Å². The molecular weight excluding hydrogens is 305 g/mol. The second kappa shape index (κ2) is 5.58. The van der Waals surface area contributed by atoms with E-state index < -0.39 is 0 Å². The third-order valence-corrected chi connectivity index (χ3v) is 5.89. The predicted octanol–water partition coefficient (Wildman–Crippen LogP) is 1.92. The maximum absolute atomic E-state index is 15.0. The molecule has 1 aromatic rings. The van der Waals surface area contributed by atoms with Gasteiger partial charge >= 0.3 is 0 Å². The topological polar surface area (TPSA) is 61.8 Å². The van der Waals surface area contributed by atoms with Crippen molar-refractivity contribution in [2.45, 2.75) is 45.7 Å². The Morgan fingerprint density at radius 1 is 1.33 bits per heavy atom. The minimum absolute atomic E-state index is 0.0824. The van der Waals surface area contributed by atoms with E-state index in [1.165, 1.54) is 18.5 Å². The first-order chi connectivity index (χ1) is 11.4. The molecule has 2 heterocycles. The first-order valence-corrected chi connectivity index (χ1v) is 8.95. The molecule has 0 radical (unpaired) electrons. The van der Waals surface area contributed by atoms with E-state index in [1.807, 2.05) is 0 Å². The van der Waals surface area contributed by atoms with E-state index in [2.05, 4.69) is 23.6 Å². The quantitative estimate of drug-likeness (QED) is 0.828. The van der Waals surface area contributed by atoms with Gasteiger partial charge in [0.25, 0.3) is 0 Å². The van der Waals surface area contributed by atoms with E-state index in [-0.39, 0.29) is 11.2 Å². The normalized spacial score (nSPS) is 27.7. The molecule has 0 spiro atoms. The predicted molar refractivity (Wildman–Crippen MR) is 95.2 cm³/mol. The number of rotatable bonds is 3. The Balaban J connectivity index is 1.75. The lowest BCUT2D eigenvalue weighted by Crippen LogP contribution is -2.47. The molecule has 0 bridgehead atoms. The fourth-order valence-electron chi connectivity index (χ4n) is 4.33. The van der Waals surface area contributed by atoms with Gasteiger partial charge in [0.15, 0.2) is 0 Å². The molecule has 132 valence electrons. The molecule has 2 aliphatic heterocycles. The molecule has 4 rings (SSSR count). The van der Waals surface area contributed by atoms with E-state index in [1.54, 1.807) is 11.1 Å². The lowest BCUT2D eigenvalue weighted by Gasteiger charge is -2.39. The largest absolute Gasteiger partial charge is 0.368 e. The zero-order valence-corrected chi connectivity index (χ0v) is 14.7. The van der Waals surface area contributed by atoms with Gasteiger partial charge in [-0.3, -0.25) is 5.84 Å². The van der Waals surface area contributed by atoms with E-state index in [0.717, 1.165) is 43.0 Å². The van der Waals surface area contributed by atoms with Crippen LogP contribution < -0.4 is 21.4 Å². The third-order valence-electron chi connectivity index (χ3n) is 5.89. The first kappa shape index (κ1) is 16.1. The van der Waals surface area contributed by atoms with Gasteiger partial charge in [-0.15, -0.1) is 0 Å². The van der Waals surface area contributed by atoms with Crippen molar-refractivity contribution in [1.82, 2.24) is 5.01 Å². The van der Waals surface area contributed by atoms with Crippen LogP contribution in [0.25, 0.3) is 0 Å². The molecule has 1 aromatic carbocycles. The van der Waals surface area contributed by atoms with Gasteiger partial charge in [0.2, 0.25) is 0 Å².